The van der Waals surface area contributed by atoms with E-state index in [0.717, 1.165) is 23.6 Å². The van der Waals surface area contributed by atoms with E-state index >= 15 is 0 Å². The van der Waals surface area contributed by atoms with Crippen LogP contribution >= 0.6 is 0 Å². The molecule has 1 heterocycles. The SMILES string of the molecule is O=C(NCC1(C2CC2)CC1)N1CCc2c(cccc2[N+](=O)[O-])C1. The number of hydrogen-bond donors (Lipinski definition) is 1. The van der Waals surface area contributed by atoms with Gasteiger partial charge in [-0.15, -0.1) is 0 Å². The molecular weight excluding hydrogens is 294 g/mol. The number of benzene rings is 1. The van der Waals surface area contributed by atoms with Crippen molar-refractivity contribution in [2.24, 2.45) is 11.3 Å². The molecule has 122 valence electrons. The van der Waals surface area contributed by atoms with Crippen LogP contribution in [0, 0.1) is 21.4 Å². The maximum Gasteiger partial charge on any atom is 0.317 e. The van der Waals surface area contributed by atoms with Gasteiger partial charge in [0.2, 0.25) is 0 Å². The average Bonchev–Trinajstić information content (AvgIpc) is 3.44. The second-order valence-electron chi connectivity index (χ2n) is 7.14. The zero-order valence-electron chi connectivity index (χ0n) is 13.1. The minimum absolute atomic E-state index is 0.0333. The van der Waals surface area contributed by atoms with Gasteiger partial charge in [-0.2, -0.15) is 0 Å². The van der Waals surface area contributed by atoms with E-state index in [0.29, 0.717) is 24.9 Å². The monoisotopic (exact) mass is 315 g/mol. The number of nitro benzene ring substituents is 1. The van der Waals surface area contributed by atoms with Crippen LogP contribution in [0.2, 0.25) is 0 Å². The number of nitrogens with one attached hydrogen (secondary N) is 1. The van der Waals surface area contributed by atoms with Gasteiger partial charge in [0, 0.05) is 31.3 Å². The van der Waals surface area contributed by atoms with Gasteiger partial charge in [0.15, 0.2) is 0 Å². The molecule has 0 bridgehead atoms. The lowest BCUT2D eigenvalue weighted by molar-refractivity contribution is -0.385. The molecule has 2 aliphatic carbocycles. The molecule has 0 saturated heterocycles. The van der Waals surface area contributed by atoms with E-state index in [4.69, 9.17) is 0 Å². The Labute approximate surface area is 135 Å². The molecule has 0 radical (unpaired) electrons. The number of hydrogen-bond acceptors (Lipinski definition) is 3. The second-order valence-corrected chi connectivity index (χ2v) is 7.14. The van der Waals surface area contributed by atoms with Crippen LogP contribution in [0.15, 0.2) is 18.2 Å². The Kier molecular flexibility index (Phi) is 3.28. The summed E-state index contributed by atoms with van der Waals surface area (Å²) in [4.78, 5) is 25.0. The molecule has 1 aromatic carbocycles. The average molecular weight is 315 g/mol. The van der Waals surface area contributed by atoms with Gasteiger partial charge in [0.1, 0.15) is 0 Å². The van der Waals surface area contributed by atoms with Gasteiger partial charge in [0.05, 0.1) is 4.92 Å². The number of amides is 2. The highest BCUT2D eigenvalue weighted by molar-refractivity contribution is 5.75. The molecule has 0 atom stereocenters. The second kappa shape index (κ2) is 5.22. The molecule has 2 amide bonds. The van der Waals surface area contributed by atoms with Gasteiger partial charge in [0.25, 0.3) is 5.69 Å². The third kappa shape index (κ3) is 2.66. The number of nitrogens with zero attached hydrogens (tertiary/aromatic N) is 2. The van der Waals surface area contributed by atoms with Crippen LogP contribution in [0.1, 0.15) is 36.8 Å². The fraction of sp³-hybridized carbons (Fsp3) is 0.588. The number of rotatable bonds is 4. The molecule has 1 aliphatic heterocycles. The summed E-state index contributed by atoms with van der Waals surface area (Å²) in [6, 6.07) is 5.09. The first-order chi connectivity index (χ1) is 11.1. The van der Waals surface area contributed by atoms with E-state index in [-0.39, 0.29) is 16.6 Å². The lowest BCUT2D eigenvalue weighted by Gasteiger charge is -2.29. The first-order valence-electron chi connectivity index (χ1n) is 8.37. The summed E-state index contributed by atoms with van der Waals surface area (Å²) < 4.78 is 0. The van der Waals surface area contributed by atoms with Gasteiger partial charge in [-0.05, 0) is 49.0 Å². The first kappa shape index (κ1) is 14.5. The summed E-state index contributed by atoms with van der Waals surface area (Å²) >= 11 is 0. The van der Waals surface area contributed by atoms with Crippen molar-refractivity contribution in [3.8, 4) is 0 Å². The van der Waals surface area contributed by atoms with Crippen molar-refractivity contribution in [2.75, 3.05) is 13.1 Å². The third-order valence-corrected chi connectivity index (χ3v) is 5.65. The molecule has 0 aromatic heterocycles. The maximum atomic E-state index is 12.4. The van der Waals surface area contributed by atoms with Crippen molar-refractivity contribution < 1.29 is 9.72 Å². The molecule has 23 heavy (non-hydrogen) atoms. The summed E-state index contributed by atoms with van der Waals surface area (Å²) in [7, 11) is 0. The molecule has 6 nitrogen and oxygen atoms in total. The summed E-state index contributed by atoms with van der Waals surface area (Å²) in [5, 5.41) is 14.2. The predicted molar refractivity (Wildman–Crippen MR) is 85.0 cm³/mol. The van der Waals surface area contributed by atoms with E-state index in [1.165, 1.54) is 25.7 Å². The van der Waals surface area contributed by atoms with E-state index < -0.39 is 0 Å². The molecule has 4 rings (SSSR count). The minimum atomic E-state index is -0.332. The maximum absolute atomic E-state index is 12.4. The van der Waals surface area contributed by atoms with Crippen molar-refractivity contribution in [1.29, 1.82) is 0 Å². The molecule has 0 spiro atoms. The molecule has 6 heteroatoms. The highest BCUT2D eigenvalue weighted by Crippen LogP contribution is 2.60. The minimum Gasteiger partial charge on any atom is -0.337 e. The molecule has 2 fully saturated rings. The molecular formula is C17H21N3O3. The van der Waals surface area contributed by atoms with Crippen molar-refractivity contribution in [1.82, 2.24) is 10.2 Å². The van der Waals surface area contributed by atoms with Gasteiger partial charge in [-0.1, -0.05) is 12.1 Å². The molecule has 1 aromatic rings. The fourth-order valence-electron chi connectivity index (χ4n) is 3.88. The van der Waals surface area contributed by atoms with Crippen molar-refractivity contribution in [3.05, 3.63) is 39.4 Å². The topological polar surface area (TPSA) is 75.5 Å². The lowest BCUT2D eigenvalue weighted by Crippen LogP contribution is -2.44. The van der Waals surface area contributed by atoms with Gasteiger partial charge < -0.3 is 10.2 Å². The van der Waals surface area contributed by atoms with Crippen molar-refractivity contribution >= 4 is 11.7 Å². The Bertz CT molecular complexity index is 665. The summed E-state index contributed by atoms with van der Waals surface area (Å²) in [5.74, 6) is 0.826. The van der Waals surface area contributed by atoms with Crippen LogP contribution in [-0.2, 0) is 13.0 Å². The summed E-state index contributed by atoms with van der Waals surface area (Å²) in [6.45, 7) is 1.79. The Morgan fingerprint density at radius 3 is 2.83 bits per heavy atom. The Morgan fingerprint density at radius 2 is 2.17 bits per heavy atom. The number of nitro groups is 1. The van der Waals surface area contributed by atoms with Crippen molar-refractivity contribution in [3.63, 3.8) is 0 Å². The first-order valence-corrected chi connectivity index (χ1v) is 8.37. The summed E-state index contributed by atoms with van der Waals surface area (Å²) in [6.07, 6.45) is 5.67. The van der Waals surface area contributed by atoms with Crippen LogP contribution in [-0.4, -0.2) is 28.9 Å². The fourth-order valence-corrected chi connectivity index (χ4v) is 3.88. The smallest absolute Gasteiger partial charge is 0.317 e. The van der Waals surface area contributed by atoms with Gasteiger partial charge in [-0.3, -0.25) is 10.1 Å². The predicted octanol–water partition coefficient (Wildman–Crippen LogP) is 2.85. The normalized spacial score (nSPS) is 21.5. The number of fused-ring (bicyclic) bond motifs is 1. The zero-order valence-corrected chi connectivity index (χ0v) is 13.1. The van der Waals surface area contributed by atoms with Crippen molar-refractivity contribution in [2.45, 2.75) is 38.6 Å². The largest absolute Gasteiger partial charge is 0.337 e. The Balaban J connectivity index is 1.40. The highest BCUT2D eigenvalue weighted by Gasteiger charge is 2.53. The number of carbonyl (C=O) groups is 1. The molecule has 2 saturated carbocycles. The third-order valence-electron chi connectivity index (χ3n) is 5.65. The van der Waals surface area contributed by atoms with E-state index in [1.54, 1.807) is 17.0 Å². The molecule has 0 unspecified atom stereocenters. The van der Waals surface area contributed by atoms with Crippen LogP contribution in [0.4, 0.5) is 10.5 Å². The number of urea groups is 1. The van der Waals surface area contributed by atoms with E-state index in [1.807, 2.05) is 6.07 Å². The van der Waals surface area contributed by atoms with E-state index in [2.05, 4.69) is 5.32 Å². The van der Waals surface area contributed by atoms with Crippen LogP contribution in [0.5, 0.6) is 0 Å². The van der Waals surface area contributed by atoms with E-state index in [9.17, 15) is 14.9 Å². The van der Waals surface area contributed by atoms with Crippen LogP contribution < -0.4 is 5.32 Å². The molecule has 1 N–H and O–H groups in total. The highest BCUT2D eigenvalue weighted by atomic mass is 16.6. The Hall–Kier alpha value is -2.11. The standard InChI is InChI=1S/C17H21N3O3/c21-16(18-11-17(7-8-17)13-4-5-13)19-9-6-14-12(10-19)2-1-3-15(14)20(22)23/h1-3,13H,4-11H2,(H,18,21). The Morgan fingerprint density at radius 1 is 1.39 bits per heavy atom. The van der Waals surface area contributed by atoms with Gasteiger partial charge in [-0.25, -0.2) is 4.79 Å². The summed E-state index contributed by atoms with van der Waals surface area (Å²) in [5.41, 5.74) is 2.23. The van der Waals surface area contributed by atoms with Gasteiger partial charge >= 0.3 is 6.03 Å². The number of carbonyl (C=O) groups excluding carboxylic acids is 1. The van der Waals surface area contributed by atoms with Crippen LogP contribution in [0.3, 0.4) is 0 Å². The van der Waals surface area contributed by atoms with Crippen LogP contribution in [0.25, 0.3) is 0 Å². The molecule has 3 aliphatic rings. The lowest BCUT2D eigenvalue weighted by atomic mass is 9.98. The quantitative estimate of drug-likeness (QED) is 0.685. The zero-order chi connectivity index (χ0) is 16.0.